The minimum absolute atomic E-state index is 0.0114. The van der Waals surface area contributed by atoms with Crippen molar-refractivity contribution >= 4 is 23.4 Å². The molecular weight excluding hydrogens is 304 g/mol. The summed E-state index contributed by atoms with van der Waals surface area (Å²) in [4.78, 5) is 40.2. The molecule has 128 valence electrons. The Morgan fingerprint density at radius 3 is 2.38 bits per heavy atom. The van der Waals surface area contributed by atoms with E-state index in [0.717, 1.165) is 24.8 Å². The highest BCUT2D eigenvalue weighted by Crippen LogP contribution is 2.40. The zero-order valence-corrected chi connectivity index (χ0v) is 14.5. The van der Waals surface area contributed by atoms with Crippen molar-refractivity contribution < 1.29 is 14.4 Å². The first-order chi connectivity index (χ1) is 11.4. The number of fused-ring (bicyclic) bond motifs is 1. The van der Waals surface area contributed by atoms with Crippen LogP contribution >= 0.6 is 0 Å². The minimum Gasteiger partial charge on any atom is -0.294 e. The van der Waals surface area contributed by atoms with Crippen molar-refractivity contribution in [3.63, 3.8) is 0 Å². The van der Waals surface area contributed by atoms with Crippen molar-refractivity contribution in [2.24, 2.45) is 17.8 Å². The molecule has 1 aromatic carbocycles. The number of amides is 3. The van der Waals surface area contributed by atoms with E-state index >= 15 is 0 Å². The summed E-state index contributed by atoms with van der Waals surface area (Å²) in [6.45, 7) is 5.57. The Kier molecular flexibility index (Phi) is 4.43. The van der Waals surface area contributed by atoms with Gasteiger partial charge in [-0.3, -0.25) is 24.2 Å². The number of carbonyl (C=O) groups excluding carboxylic acids is 3. The highest BCUT2D eigenvalue weighted by Gasteiger charge is 2.49. The average Bonchev–Trinajstić information content (AvgIpc) is 2.77. The summed E-state index contributed by atoms with van der Waals surface area (Å²) < 4.78 is 0. The molecule has 0 aromatic heterocycles. The van der Waals surface area contributed by atoms with Crippen molar-refractivity contribution in [2.75, 3.05) is 11.6 Å². The summed E-state index contributed by atoms with van der Waals surface area (Å²) >= 11 is 0. The topological polar surface area (TPSA) is 57.7 Å². The van der Waals surface area contributed by atoms with E-state index in [1.165, 1.54) is 16.7 Å². The van der Waals surface area contributed by atoms with E-state index in [1.807, 2.05) is 31.2 Å². The summed E-state index contributed by atoms with van der Waals surface area (Å²) in [6.07, 6.45) is 2.54. The van der Waals surface area contributed by atoms with Crippen molar-refractivity contribution in [1.82, 2.24) is 4.90 Å². The van der Waals surface area contributed by atoms with Gasteiger partial charge in [-0.2, -0.15) is 0 Å². The van der Waals surface area contributed by atoms with E-state index < -0.39 is 0 Å². The Balaban J connectivity index is 1.82. The maximum absolute atomic E-state index is 12.7. The third-order valence-electron chi connectivity index (χ3n) is 5.29. The second kappa shape index (κ2) is 6.38. The number of hydrogen-bond acceptors (Lipinski definition) is 3. The Bertz CT molecular complexity index is 668. The van der Waals surface area contributed by atoms with Gasteiger partial charge in [0.05, 0.1) is 11.8 Å². The molecule has 1 saturated heterocycles. The Morgan fingerprint density at radius 1 is 1.12 bits per heavy atom. The van der Waals surface area contributed by atoms with Crippen LogP contribution in [0.15, 0.2) is 24.3 Å². The van der Waals surface area contributed by atoms with Crippen LogP contribution in [0, 0.1) is 24.7 Å². The van der Waals surface area contributed by atoms with Gasteiger partial charge in [-0.1, -0.05) is 24.6 Å². The van der Waals surface area contributed by atoms with Crippen LogP contribution in [-0.4, -0.2) is 29.3 Å². The van der Waals surface area contributed by atoms with Crippen molar-refractivity contribution in [3.8, 4) is 0 Å². The number of rotatable bonds is 3. The van der Waals surface area contributed by atoms with Crippen LogP contribution in [0.2, 0.25) is 0 Å². The van der Waals surface area contributed by atoms with Crippen molar-refractivity contribution in [2.45, 2.75) is 40.0 Å². The highest BCUT2D eigenvalue weighted by atomic mass is 16.2. The lowest BCUT2D eigenvalue weighted by atomic mass is 9.76. The molecule has 1 aliphatic carbocycles. The van der Waals surface area contributed by atoms with Gasteiger partial charge < -0.3 is 0 Å². The predicted molar refractivity (Wildman–Crippen MR) is 91.1 cm³/mol. The Hall–Kier alpha value is -2.17. The number of aryl methyl sites for hydroxylation is 1. The smallest absolute Gasteiger partial charge is 0.234 e. The van der Waals surface area contributed by atoms with Gasteiger partial charge in [-0.25, -0.2) is 0 Å². The zero-order valence-electron chi connectivity index (χ0n) is 14.5. The number of hydrogen-bond donors (Lipinski definition) is 0. The van der Waals surface area contributed by atoms with E-state index in [9.17, 15) is 14.4 Å². The van der Waals surface area contributed by atoms with Gasteiger partial charge in [0.25, 0.3) is 0 Å². The second-order valence-electron chi connectivity index (χ2n) is 7.16. The first-order valence-electron chi connectivity index (χ1n) is 8.58. The molecule has 3 amide bonds. The molecule has 0 unspecified atom stereocenters. The van der Waals surface area contributed by atoms with E-state index in [4.69, 9.17) is 0 Å². The van der Waals surface area contributed by atoms with E-state index in [-0.39, 0.29) is 36.2 Å². The summed E-state index contributed by atoms with van der Waals surface area (Å²) in [5.41, 5.74) is 1.80. The fourth-order valence-electron chi connectivity index (χ4n) is 3.83. The van der Waals surface area contributed by atoms with E-state index in [1.54, 1.807) is 0 Å². The molecule has 3 rings (SSSR count). The minimum atomic E-state index is -0.201. The fraction of sp³-hybridized carbons (Fsp3) is 0.526. The molecule has 1 saturated carbocycles. The number of benzene rings is 1. The molecule has 5 heteroatoms. The zero-order chi connectivity index (χ0) is 17.4. The number of imide groups is 1. The van der Waals surface area contributed by atoms with Crippen LogP contribution < -0.4 is 4.90 Å². The lowest BCUT2D eigenvalue weighted by molar-refractivity contribution is -0.140. The van der Waals surface area contributed by atoms with Crippen LogP contribution in [-0.2, 0) is 14.4 Å². The van der Waals surface area contributed by atoms with Crippen molar-refractivity contribution in [1.29, 1.82) is 0 Å². The molecule has 0 radical (unpaired) electrons. The normalized spacial score (nSPS) is 26.5. The molecule has 24 heavy (non-hydrogen) atoms. The number of carbonyl (C=O) groups is 3. The lowest BCUT2D eigenvalue weighted by Crippen LogP contribution is -2.44. The Morgan fingerprint density at radius 2 is 1.75 bits per heavy atom. The molecule has 5 nitrogen and oxygen atoms in total. The number of nitrogens with zero attached hydrogens (tertiary/aromatic N) is 2. The van der Waals surface area contributed by atoms with Gasteiger partial charge in [0.15, 0.2) is 0 Å². The van der Waals surface area contributed by atoms with Gasteiger partial charge in [-0.05, 0) is 44.2 Å². The molecular formula is C19H24N2O3. The van der Waals surface area contributed by atoms with Gasteiger partial charge >= 0.3 is 0 Å². The lowest BCUT2D eigenvalue weighted by Gasteiger charge is -2.26. The van der Waals surface area contributed by atoms with Crippen LogP contribution in [0.1, 0.15) is 38.7 Å². The number of anilines is 1. The predicted octanol–water partition coefficient (Wildman–Crippen LogP) is 2.73. The average molecular weight is 328 g/mol. The van der Waals surface area contributed by atoms with Gasteiger partial charge in [0, 0.05) is 12.6 Å². The van der Waals surface area contributed by atoms with Gasteiger partial charge in [-0.15, -0.1) is 0 Å². The molecule has 2 fully saturated rings. The second-order valence-corrected chi connectivity index (χ2v) is 7.16. The van der Waals surface area contributed by atoms with Crippen LogP contribution in [0.25, 0.3) is 0 Å². The first kappa shape index (κ1) is 16.7. The fourth-order valence-corrected chi connectivity index (χ4v) is 3.83. The molecule has 0 spiro atoms. The summed E-state index contributed by atoms with van der Waals surface area (Å²) in [5.74, 6) is -0.328. The Labute approximate surface area is 142 Å². The number of likely N-dealkylation sites (tertiary alicyclic amines) is 1. The van der Waals surface area contributed by atoms with Gasteiger partial charge in [0.2, 0.25) is 17.7 Å². The third-order valence-corrected chi connectivity index (χ3v) is 5.29. The molecule has 2 aliphatic rings. The molecule has 1 aliphatic heterocycles. The molecule has 1 aromatic rings. The molecule has 0 bridgehead atoms. The van der Waals surface area contributed by atoms with E-state index in [0.29, 0.717) is 11.6 Å². The van der Waals surface area contributed by atoms with E-state index in [2.05, 4.69) is 6.92 Å². The van der Waals surface area contributed by atoms with Gasteiger partial charge in [0.1, 0.15) is 6.67 Å². The molecule has 3 atom stereocenters. The standard InChI is InChI=1S/C19H24N2O3/c1-12-4-7-15(8-5-12)20(14(3)22)11-21-18(23)16-9-6-13(2)10-17(16)19(21)24/h4-5,7-8,13,16-17H,6,9-11H2,1-3H3/t13-,16+,17+/m1/s1. The third kappa shape index (κ3) is 2.95. The summed E-state index contributed by atoms with van der Waals surface area (Å²) in [7, 11) is 0. The van der Waals surface area contributed by atoms with Crippen molar-refractivity contribution in [3.05, 3.63) is 29.8 Å². The maximum Gasteiger partial charge on any atom is 0.234 e. The molecule has 1 heterocycles. The monoisotopic (exact) mass is 328 g/mol. The summed E-state index contributed by atoms with van der Waals surface area (Å²) in [6, 6.07) is 7.52. The summed E-state index contributed by atoms with van der Waals surface area (Å²) in [5, 5.41) is 0. The molecule has 0 N–H and O–H groups in total. The van der Waals surface area contributed by atoms with Crippen LogP contribution in [0.4, 0.5) is 5.69 Å². The first-order valence-corrected chi connectivity index (χ1v) is 8.58. The van der Waals surface area contributed by atoms with Crippen LogP contribution in [0.5, 0.6) is 0 Å². The van der Waals surface area contributed by atoms with Crippen LogP contribution in [0.3, 0.4) is 0 Å². The highest BCUT2D eigenvalue weighted by molar-refractivity contribution is 6.06. The SMILES string of the molecule is CC(=O)N(CN1C(=O)[C@H]2CC[C@@H](C)C[C@@H]2C1=O)c1ccc(C)cc1. The quantitative estimate of drug-likeness (QED) is 0.802. The maximum atomic E-state index is 12.7. The largest absolute Gasteiger partial charge is 0.294 e.